The van der Waals surface area contributed by atoms with E-state index in [4.69, 9.17) is 13.9 Å². The summed E-state index contributed by atoms with van der Waals surface area (Å²) < 4.78 is 15.6. The van der Waals surface area contributed by atoms with Crippen LogP contribution in [0.25, 0.3) is 0 Å². The summed E-state index contributed by atoms with van der Waals surface area (Å²) in [7, 11) is 0. The van der Waals surface area contributed by atoms with Crippen molar-refractivity contribution < 1.29 is 28.3 Å². The Bertz CT molecular complexity index is 792. The molecule has 0 aliphatic rings. The zero-order valence-corrected chi connectivity index (χ0v) is 15.4. The standard InChI is InChI=1S/C19H22N2O6/c1-19(2,3)21-18(24)20-15(22)12-27-17(23)16-13(9-10-25-16)11-26-14-7-5-4-6-8-14/h4-10H,11-12H2,1-3H3,(H2,20,21,22,24). The van der Waals surface area contributed by atoms with E-state index in [2.05, 4.69) is 10.6 Å². The Morgan fingerprint density at radius 1 is 1.07 bits per heavy atom. The number of carbonyl (C=O) groups is 3. The van der Waals surface area contributed by atoms with Gasteiger partial charge in [-0.15, -0.1) is 0 Å². The number of hydrogen-bond acceptors (Lipinski definition) is 6. The first-order valence-electron chi connectivity index (χ1n) is 8.28. The van der Waals surface area contributed by atoms with Crippen molar-refractivity contribution in [3.63, 3.8) is 0 Å². The minimum Gasteiger partial charge on any atom is -0.489 e. The molecule has 0 aliphatic carbocycles. The maximum atomic E-state index is 12.1. The summed E-state index contributed by atoms with van der Waals surface area (Å²) in [6.07, 6.45) is 1.33. The minimum atomic E-state index is -0.821. The molecule has 0 saturated heterocycles. The van der Waals surface area contributed by atoms with E-state index in [0.717, 1.165) is 0 Å². The number of ether oxygens (including phenoxy) is 2. The van der Waals surface area contributed by atoms with Crippen LogP contribution in [0.3, 0.4) is 0 Å². The van der Waals surface area contributed by atoms with Gasteiger partial charge in [0.2, 0.25) is 5.76 Å². The number of urea groups is 1. The highest BCUT2D eigenvalue weighted by molar-refractivity contribution is 5.96. The molecule has 1 heterocycles. The van der Waals surface area contributed by atoms with E-state index in [1.165, 1.54) is 6.26 Å². The normalized spacial score (nSPS) is 10.8. The monoisotopic (exact) mass is 374 g/mol. The Kier molecular flexibility index (Phi) is 6.59. The third kappa shape index (κ3) is 6.85. The van der Waals surface area contributed by atoms with Gasteiger partial charge < -0.3 is 19.2 Å². The van der Waals surface area contributed by atoms with Crippen molar-refractivity contribution in [3.8, 4) is 5.75 Å². The first-order valence-corrected chi connectivity index (χ1v) is 8.28. The Hall–Kier alpha value is -3.29. The summed E-state index contributed by atoms with van der Waals surface area (Å²) >= 11 is 0. The van der Waals surface area contributed by atoms with Gasteiger partial charge in [0.25, 0.3) is 5.91 Å². The summed E-state index contributed by atoms with van der Waals surface area (Å²) in [4.78, 5) is 35.4. The smallest absolute Gasteiger partial charge is 0.375 e. The van der Waals surface area contributed by atoms with Crippen molar-refractivity contribution in [1.29, 1.82) is 0 Å². The van der Waals surface area contributed by atoms with Crippen LogP contribution in [0.15, 0.2) is 47.1 Å². The average molecular weight is 374 g/mol. The van der Waals surface area contributed by atoms with Crippen LogP contribution in [-0.2, 0) is 16.1 Å². The van der Waals surface area contributed by atoms with Crippen LogP contribution in [0.5, 0.6) is 5.75 Å². The van der Waals surface area contributed by atoms with E-state index in [-0.39, 0.29) is 12.4 Å². The number of nitrogens with one attached hydrogen (secondary N) is 2. The van der Waals surface area contributed by atoms with Gasteiger partial charge in [-0.05, 0) is 39.0 Å². The lowest BCUT2D eigenvalue weighted by Crippen LogP contribution is -2.49. The molecule has 0 saturated carbocycles. The highest BCUT2D eigenvalue weighted by Crippen LogP contribution is 2.16. The molecule has 0 fully saturated rings. The second-order valence-electron chi connectivity index (χ2n) is 6.71. The molecule has 0 spiro atoms. The SMILES string of the molecule is CC(C)(C)NC(=O)NC(=O)COC(=O)c1occc1COc1ccccc1. The molecule has 2 aromatic rings. The maximum Gasteiger partial charge on any atom is 0.375 e. The predicted octanol–water partition coefficient (Wildman–Crippen LogP) is 2.64. The second kappa shape index (κ2) is 8.88. The van der Waals surface area contributed by atoms with E-state index in [1.54, 1.807) is 39.0 Å². The summed E-state index contributed by atoms with van der Waals surface area (Å²) in [6.45, 7) is 4.80. The summed E-state index contributed by atoms with van der Waals surface area (Å²) in [5.74, 6) is -0.989. The van der Waals surface area contributed by atoms with E-state index < -0.39 is 30.1 Å². The lowest BCUT2D eigenvalue weighted by Gasteiger charge is -2.20. The molecule has 2 rings (SSSR count). The molecule has 0 aliphatic heterocycles. The molecule has 3 amide bonds. The quantitative estimate of drug-likeness (QED) is 0.753. The molecule has 0 radical (unpaired) electrons. The van der Waals surface area contributed by atoms with Crippen molar-refractivity contribution in [3.05, 3.63) is 54.0 Å². The first kappa shape index (κ1) is 20.0. The molecule has 1 aromatic carbocycles. The Morgan fingerprint density at radius 3 is 2.44 bits per heavy atom. The van der Waals surface area contributed by atoms with Crippen molar-refractivity contribution in [2.75, 3.05) is 6.61 Å². The molecular formula is C19H22N2O6. The Balaban J connectivity index is 1.83. The fraction of sp³-hybridized carbons (Fsp3) is 0.316. The van der Waals surface area contributed by atoms with E-state index in [0.29, 0.717) is 11.3 Å². The van der Waals surface area contributed by atoms with Gasteiger partial charge in [0.05, 0.1) is 6.26 Å². The average Bonchev–Trinajstić information content (AvgIpc) is 3.05. The van der Waals surface area contributed by atoms with Crippen molar-refractivity contribution >= 4 is 17.9 Å². The van der Waals surface area contributed by atoms with Crippen LogP contribution in [-0.4, -0.2) is 30.1 Å². The number of furan rings is 1. The number of rotatable bonds is 6. The summed E-state index contributed by atoms with van der Waals surface area (Å²) in [5, 5.41) is 4.64. The van der Waals surface area contributed by atoms with Gasteiger partial charge in [0, 0.05) is 11.1 Å². The molecule has 8 nitrogen and oxygen atoms in total. The van der Waals surface area contributed by atoms with Gasteiger partial charge in [-0.2, -0.15) is 0 Å². The number of amides is 3. The predicted molar refractivity (Wildman–Crippen MR) is 96.2 cm³/mol. The number of esters is 1. The van der Waals surface area contributed by atoms with Crippen LogP contribution in [0.1, 0.15) is 36.9 Å². The molecule has 2 N–H and O–H groups in total. The summed E-state index contributed by atoms with van der Waals surface area (Å²) in [5.41, 5.74) is -0.0159. The van der Waals surface area contributed by atoms with Gasteiger partial charge >= 0.3 is 12.0 Å². The Labute approximate surface area is 156 Å². The number of imide groups is 1. The van der Waals surface area contributed by atoms with Gasteiger partial charge in [-0.3, -0.25) is 10.1 Å². The fourth-order valence-electron chi connectivity index (χ4n) is 2.04. The molecule has 0 atom stereocenters. The highest BCUT2D eigenvalue weighted by Gasteiger charge is 2.20. The number of para-hydroxylation sites is 1. The van der Waals surface area contributed by atoms with Crippen molar-refractivity contribution in [2.45, 2.75) is 32.9 Å². The first-order chi connectivity index (χ1) is 12.7. The molecule has 0 bridgehead atoms. The molecule has 144 valence electrons. The number of benzene rings is 1. The number of hydrogen-bond donors (Lipinski definition) is 2. The van der Waals surface area contributed by atoms with E-state index in [1.807, 2.05) is 18.2 Å². The van der Waals surface area contributed by atoms with E-state index >= 15 is 0 Å². The third-order valence-corrected chi connectivity index (χ3v) is 3.15. The number of carbonyl (C=O) groups excluding carboxylic acids is 3. The molecule has 27 heavy (non-hydrogen) atoms. The maximum absolute atomic E-state index is 12.1. The van der Waals surface area contributed by atoms with Gasteiger partial charge in [-0.25, -0.2) is 9.59 Å². The lowest BCUT2D eigenvalue weighted by molar-refractivity contribution is -0.123. The largest absolute Gasteiger partial charge is 0.489 e. The third-order valence-electron chi connectivity index (χ3n) is 3.15. The second-order valence-corrected chi connectivity index (χ2v) is 6.71. The van der Waals surface area contributed by atoms with Gasteiger partial charge in [0.1, 0.15) is 12.4 Å². The van der Waals surface area contributed by atoms with Crippen LogP contribution < -0.4 is 15.4 Å². The molecule has 8 heteroatoms. The summed E-state index contributed by atoms with van der Waals surface area (Å²) in [6, 6.07) is 9.99. The van der Waals surface area contributed by atoms with Crippen LogP contribution >= 0.6 is 0 Å². The fourth-order valence-corrected chi connectivity index (χ4v) is 2.04. The minimum absolute atomic E-state index is 0.0575. The van der Waals surface area contributed by atoms with Gasteiger partial charge in [-0.1, -0.05) is 18.2 Å². The van der Waals surface area contributed by atoms with Crippen LogP contribution in [0, 0.1) is 0 Å². The zero-order valence-electron chi connectivity index (χ0n) is 15.4. The molecule has 0 unspecified atom stereocenters. The van der Waals surface area contributed by atoms with Crippen molar-refractivity contribution in [1.82, 2.24) is 10.6 Å². The van der Waals surface area contributed by atoms with Crippen LogP contribution in [0.4, 0.5) is 4.79 Å². The molecule has 1 aromatic heterocycles. The lowest BCUT2D eigenvalue weighted by atomic mass is 10.1. The van der Waals surface area contributed by atoms with Crippen molar-refractivity contribution in [2.24, 2.45) is 0 Å². The van der Waals surface area contributed by atoms with E-state index in [9.17, 15) is 14.4 Å². The zero-order chi connectivity index (χ0) is 19.9. The Morgan fingerprint density at radius 2 is 1.78 bits per heavy atom. The highest BCUT2D eigenvalue weighted by atomic mass is 16.5. The van der Waals surface area contributed by atoms with Gasteiger partial charge in [0.15, 0.2) is 6.61 Å². The topological polar surface area (TPSA) is 107 Å². The molecular weight excluding hydrogens is 352 g/mol. The van der Waals surface area contributed by atoms with Crippen LogP contribution in [0.2, 0.25) is 0 Å².